The van der Waals surface area contributed by atoms with Crippen LogP contribution in [-0.2, 0) is 12.8 Å². The number of nitrogens with two attached hydrogens (primary N) is 1. The Morgan fingerprint density at radius 2 is 1.71 bits per heavy atom. The molecule has 3 aromatic carbocycles. The first kappa shape index (κ1) is 31.5. The predicted octanol–water partition coefficient (Wildman–Crippen LogP) is 4.26. The van der Waals surface area contributed by atoms with Crippen LogP contribution >= 0.6 is 0 Å². The van der Waals surface area contributed by atoms with Crippen molar-refractivity contribution < 1.29 is 24.1 Å². The lowest BCUT2D eigenvalue weighted by molar-refractivity contribution is -0.496. The van der Waals surface area contributed by atoms with Gasteiger partial charge in [-0.2, -0.15) is 5.90 Å². The van der Waals surface area contributed by atoms with Crippen LogP contribution < -0.4 is 41.8 Å². The van der Waals surface area contributed by atoms with Gasteiger partial charge in [-0.15, -0.1) is 0 Å². The summed E-state index contributed by atoms with van der Waals surface area (Å²) in [4.78, 5) is 12.6. The van der Waals surface area contributed by atoms with Crippen molar-refractivity contribution in [3.63, 3.8) is 0 Å². The van der Waals surface area contributed by atoms with E-state index >= 15 is 0 Å². The fourth-order valence-corrected chi connectivity index (χ4v) is 5.50. The topological polar surface area (TPSA) is 141 Å². The predicted molar refractivity (Wildman–Crippen MR) is 179 cm³/mol. The van der Waals surface area contributed by atoms with Crippen molar-refractivity contribution in [3.05, 3.63) is 82.2 Å². The van der Waals surface area contributed by atoms with E-state index in [0.29, 0.717) is 5.75 Å². The number of phenolic OH excluding ortho intramolecular Hbond substituents is 1. The molecule has 0 bridgehead atoms. The Labute approximate surface area is 263 Å². The molecule has 0 atom stereocenters. The maximum Gasteiger partial charge on any atom is 0.205 e. The molecular formula is C35H43N6O4+. The molecule has 3 aliphatic heterocycles. The highest BCUT2D eigenvalue weighted by Crippen LogP contribution is 2.32. The molecule has 0 saturated heterocycles. The van der Waals surface area contributed by atoms with E-state index in [0.717, 1.165) is 83.9 Å². The molecule has 10 heteroatoms. The van der Waals surface area contributed by atoms with Gasteiger partial charge in [-0.05, 0) is 81.5 Å². The molecule has 7 N–H and O–H groups in total. The minimum atomic E-state index is 0.0454. The highest BCUT2D eigenvalue weighted by atomic mass is 16.6. The molecule has 236 valence electrons. The van der Waals surface area contributed by atoms with E-state index in [1.54, 1.807) is 19.2 Å². The second-order valence-corrected chi connectivity index (χ2v) is 11.0. The Hall–Kier alpha value is -4.96. The van der Waals surface area contributed by atoms with Gasteiger partial charge in [0.05, 0.1) is 13.2 Å². The van der Waals surface area contributed by atoms with Crippen molar-refractivity contribution in [3.8, 4) is 28.7 Å². The van der Waals surface area contributed by atoms with Crippen LogP contribution in [0.3, 0.4) is 0 Å². The number of benzene rings is 4. The molecular weight excluding hydrogens is 568 g/mol. The second kappa shape index (κ2) is 14.2. The van der Waals surface area contributed by atoms with Crippen LogP contribution in [0.1, 0.15) is 36.1 Å². The highest BCUT2D eigenvalue weighted by Gasteiger charge is 2.17. The van der Waals surface area contributed by atoms with Crippen LogP contribution in [0.15, 0.2) is 59.0 Å². The van der Waals surface area contributed by atoms with E-state index in [1.165, 1.54) is 28.1 Å². The van der Waals surface area contributed by atoms with Gasteiger partial charge in [0.15, 0.2) is 22.8 Å². The van der Waals surface area contributed by atoms with Crippen LogP contribution in [0.25, 0.3) is 22.6 Å². The van der Waals surface area contributed by atoms with Gasteiger partial charge in [-0.1, -0.05) is 6.07 Å². The Kier molecular flexibility index (Phi) is 9.94. The molecule has 3 heterocycles. The summed E-state index contributed by atoms with van der Waals surface area (Å²) in [6, 6.07) is 17.8. The molecule has 0 aromatic heterocycles. The number of nitrogens with one attached hydrogen (secondary N) is 4. The molecule has 3 aromatic rings. The summed E-state index contributed by atoms with van der Waals surface area (Å²) in [5.74, 6) is 7.05. The van der Waals surface area contributed by atoms with E-state index < -0.39 is 0 Å². The molecule has 7 rings (SSSR count). The van der Waals surface area contributed by atoms with Crippen LogP contribution in [0.5, 0.6) is 17.2 Å². The van der Waals surface area contributed by atoms with Crippen LogP contribution in [0, 0.1) is 13.8 Å². The van der Waals surface area contributed by atoms with Gasteiger partial charge in [-0.3, -0.25) is 0 Å². The number of hydrogen-bond acceptors (Lipinski definition) is 9. The van der Waals surface area contributed by atoms with Gasteiger partial charge in [-0.25, -0.2) is 9.98 Å². The maximum absolute atomic E-state index is 9.40. The smallest absolute Gasteiger partial charge is 0.205 e. The fourth-order valence-electron chi connectivity index (χ4n) is 5.50. The summed E-state index contributed by atoms with van der Waals surface area (Å²) in [6.45, 7) is 11.8. The quantitative estimate of drug-likeness (QED) is 0.127. The third-order valence-electron chi connectivity index (χ3n) is 7.86. The largest absolute Gasteiger partial charge is 0.504 e. The number of nitrogens with zero attached hydrogens (tertiary/aromatic N) is 1. The summed E-state index contributed by atoms with van der Waals surface area (Å²) < 4.78 is 11.2. The molecule has 0 fully saturated rings. The third-order valence-corrected chi connectivity index (χ3v) is 7.86. The number of aromatic nitrogens is 1. The molecule has 0 unspecified atom stereocenters. The van der Waals surface area contributed by atoms with Crippen LogP contribution in [0.2, 0.25) is 0 Å². The average molecular weight is 612 g/mol. The van der Waals surface area contributed by atoms with Crippen molar-refractivity contribution in [1.82, 2.24) is 4.98 Å². The lowest BCUT2D eigenvalue weighted by Gasteiger charge is -2.10. The maximum atomic E-state index is 9.40. The fraction of sp³-hybridized carbons (Fsp3) is 0.314. The molecule has 0 amide bonds. The Morgan fingerprint density at radius 1 is 0.956 bits per heavy atom. The van der Waals surface area contributed by atoms with Crippen molar-refractivity contribution in [1.29, 1.82) is 0 Å². The van der Waals surface area contributed by atoms with Gasteiger partial charge in [0, 0.05) is 60.5 Å². The number of methoxy groups -OCH3 is 1. The summed E-state index contributed by atoms with van der Waals surface area (Å²) in [6.07, 6.45) is 2.20. The first-order chi connectivity index (χ1) is 21.8. The van der Waals surface area contributed by atoms with Crippen molar-refractivity contribution in [2.45, 2.75) is 40.5 Å². The van der Waals surface area contributed by atoms with Crippen LogP contribution in [-0.4, -0.2) is 43.4 Å². The number of rotatable bonds is 5. The molecule has 45 heavy (non-hydrogen) atoms. The van der Waals surface area contributed by atoms with E-state index in [2.05, 4.69) is 63.9 Å². The number of ether oxygens (including phenoxy) is 1. The number of aromatic hydroxyl groups is 1. The number of fused-ring (bicyclic) bond motifs is 4. The van der Waals surface area contributed by atoms with E-state index in [4.69, 9.17) is 20.0 Å². The Morgan fingerprint density at radius 3 is 2.42 bits per heavy atom. The highest BCUT2D eigenvalue weighted by molar-refractivity contribution is 5.82. The standard InChI is InChI=1S/C17H17N3O.C9H14N2O2.C9H11NO/c1-3-18-12-8-16-14(6-10(12)2)20-15-7-11-4-5-19-13(11)9-17(15)21-16;1-3-11-7-5-8(12)9(13-10)4-6(7)2;1-11-8-3-2-7-4-5-10-9(7)6-8/h6-9,19H,3-5H2,1-2H3;4-5,11-12H,3,10H2,1-2H3;2-3,6,10H,4-5H2,1H3/p+1. The first-order valence-electron chi connectivity index (χ1n) is 15.4. The molecule has 1 aliphatic carbocycles. The number of aryl methyl sites for hydroxylation is 2. The van der Waals surface area contributed by atoms with Crippen LogP contribution in [0.4, 0.5) is 17.1 Å². The number of hydrogen-bond donors (Lipinski definition) is 6. The summed E-state index contributed by atoms with van der Waals surface area (Å²) in [5.41, 5.74) is 10.9. The monoisotopic (exact) mass is 611 g/mol. The number of phenols is 1. The molecule has 10 nitrogen and oxygen atoms in total. The molecule has 0 saturated carbocycles. The Bertz CT molecular complexity index is 1830. The van der Waals surface area contributed by atoms with E-state index in [9.17, 15) is 5.11 Å². The first-order valence-corrected chi connectivity index (χ1v) is 15.4. The summed E-state index contributed by atoms with van der Waals surface area (Å²) in [5, 5.41) is 20.3. The lowest BCUT2D eigenvalue weighted by Crippen LogP contribution is -2.76. The molecule has 4 aliphatic rings. The SMILES string of the molecule is CCNc1cc(O)c(ON)cc1C.CC[NH+]=c1cc2oc3cc4c(cc3nc-2cc1C)CCN4.COc1ccc2c(c1)NCC2. The Balaban J connectivity index is 0.000000144. The second-order valence-electron chi connectivity index (χ2n) is 11.0. The van der Waals surface area contributed by atoms with Gasteiger partial charge in [0.2, 0.25) is 5.36 Å². The zero-order valence-electron chi connectivity index (χ0n) is 26.6. The minimum Gasteiger partial charge on any atom is -0.504 e. The van der Waals surface area contributed by atoms with Gasteiger partial charge < -0.3 is 35.0 Å². The van der Waals surface area contributed by atoms with E-state index in [1.807, 2.05) is 32.0 Å². The van der Waals surface area contributed by atoms with Crippen molar-refractivity contribution in [2.24, 2.45) is 5.90 Å². The lowest BCUT2D eigenvalue weighted by atomic mass is 10.1. The van der Waals surface area contributed by atoms with Crippen molar-refractivity contribution in [2.75, 3.05) is 49.2 Å². The summed E-state index contributed by atoms with van der Waals surface area (Å²) >= 11 is 0. The van der Waals surface area contributed by atoms with Gasteiger partial charge in [0.1, 0.15) is 23.5 Å². The summed E-state index contributed by atoms with van der Waals surface area (Å²) in [7, 11) is 1.69. The number of anilines is 3. The van der Waals surface area contributed by atoms with E-state index in [-0.39, 0.29) is 5.75 Å². The average Bonchev–Trinajstić information content (AvgIpc) is 3.70. The normalized spacial score (nSPS) is 13.1. The molecule has 0 spiro atoms. The van der Waals surface area contributed by atoms with Crippen molar-refractivity contribution >= 4 is 28.2 Å². The minimum absolute atomic E-state index is 0.0454. The third kappa shape index (κ3) is 7.24. The zero-order valence-corrected chi connectivity index (χ0v) is 26.6. The zero-order chi connectivity index (χ0) is 31.9. The van der Waals surface area contributed by atoms with Gasteiger partial charge in [0.25, 0.3) is 0 Å². The molecule has 0 radical (unpaired) electrons. The van der Waals surface area contributed by atoms with Gasteiger partial charge >= 0.3 is 0 Å².